The lowest BCUT2D eigenvalue weighted by molar-refractivity contribution is -0.492. The van der Waals surface area contributed by atoms with Crippen LogP contribution in [0.1, 0.15) is 13.3 Å². The van der Waals surface area contributed by atoms with Gasteiger partial charge in [-0.2, -0.15) is 0 Å². The SMILES string of the molecule is CC1N=C(Nc2ccc(Cl)cc2)SC1CCON(O)O. The molecule has 0 spiro atoms. The summed E-state index contributed by atoms with van der Waals surface area (Å²) in [5.41, 5.74) is 0.932. The van der Waals surface area contributed by atoms with E-state index in [1.807, 2.05) is 31.2 Å². The van der Waals surface area contributed by atoms with Crippen LogP contribution in [0.5, 0.6) is 0 Å². The Labute approximate surface area is 126 Å². The van der Waals surface area contributed by atoms with Gasteiger partial charge in [-0.3, -0.25) is 20.2 Å². The molecule has 110 valence electrons. The highest BCUT2D eigenvalue weighted by molar-refractivity contribution is 8.15. The van der Waals surface area contributed by atoms with Gasteiger partial charge in [-0.15, -0.1) is 0 Å². The van der Waals surface area contributed by atoms with Crippen molar-refractivity contribution in [3.63, 3.8) is 0 Å². The van der Waals surface area contributed by atoms with Crippen molar-refractivity contribution in [2.24, 2.45) is 4.99 Å². The molecule has 20 heavy (non-hydrogen) atoms. The van der Waals surface area contributed by atoms with Gasteiger partial charge in [-0.1, -0.05) is 23.4 Å². The molecule has 0 amide bonds. The zero-order valence-corrected chi connectivity index (χ0v) is 12.4. The van der Waals surface area contributed by atoms with Crippen molar-refractivity contribution >= 4 is 34.2 Å². The molecule has 1 aliphatic rings. The van der Waals surface area contributed by atoms with E-state index in [-0.39, 0.29) is 23.3 Å². The van der Waals surface area contributed by atoms with Crippen LogP contribution in [0, 0.1) is 0 Å². The Morgan fingerprint density at radius 3 is 2.75 bits per heavy atom. The molecule has 1 aromatic rings. The first-order valence-electron chi connectivity index (χ1n) is 6.12. The molecule has 2 rings (SSSR count). The van der Waals surface area contributed by atoms with E-state index in [0.29, 0.717) is 11.4 Å². The summed E-state index contributed by atoms with van der Waals surface area (Å²) in [6.07, 6.45) is 0.665. The summed E-state index contributed by atoms with van der Waals surface area (Å²) >= 11 is 7.45. The van der Waals surface area contributed by atoms with Gasteiger partial charge in [0.15, 0.2) is 5.17 Å². The Morgan fingerprint density at radius 2 is 2.10 bits per heavy atom. The van der Waals surface area contributed by atoms with Crippen LogP contribution in [-0.2, 0) is 4.84 Å². The molecular weight excluding hydrogens is 302 g/mol. The highest BCUT2D eigenvalue weighted by Gasteiger charge is 2.26. The van der Waals surface area contributed by atoms with Crippen molar-refractivity contribution < 1.29 is 15.3 Å². The molecule has 0 bridgehead atoms. The molecule has 1 heterocycles. The van der Waals surface area contributed by atoms with Gasteiger partial charge >= 0.3 is 0 Å². The van der Waals surface area contributed by atoms with E-state index >= 15 is 0 Å². The van der Waals surface area contributed by atoms with Crippen LogP contribution in [0.15, 0.2) is 29.3 Å². The Hall–Kier alpha value is -0.830. The molecule has 0 radical (unpaired) electrons. The van der Waals surface area contributed by atoms with Gasteiger partial charge in [0.1, 0.15) is 0 Å². The first kappa shape index (κ1) is 15.6. The maximum absolute atomic E-state index is 8.47. The van der Waals surface area contributed by atoms with Crippen LogP contribution >= 0.6 is 23.4 Å². The van der Waals surface area contributed by atoms with Gasteiger partial charge < -0.3 is 5.32 Å². The number of amidine groups is 1. The Morgan fingerprint density at radius 1 is 1.40 bits per heavy atom. The van der Waals surface area contributed by atoms with Crippen molar-refractivity contribution in [2.45, 2.75) is 24.6 Å². The second-order valence-corrected chi connectivity index (χ2v) is 6.00. The second-order valence-electron chi connectivity index (χ2n) is 4.34. The number of benzene rings is 1. The average Bonchev–Trinajstić information content (AvgIpc) is 2.72. The molecule has 1 aliphatic heterocycles. The van der Waals surface area contributed by atoms with Crippen molar-refractivity contribution in [1.82, 2.24) is 5.39 Å². The minimum Gasteiger partial charge on any atom is -0.335 e. The van der Waals surface area contributed by atoms with Crippen LogP contribution in [0.3, 0.4) is 0 Å². The van der Waals surface area contributed by atoms with Crippen LogP contribution in [0.25, 0.3) is 0 Å². The lowest BCUT2D eigenvalue weighted by Crippen LogP contribution is -2.21. The van der Waals surface area contributed by atoms with Gasteiger partial charge in [-0.05, 0) is 37.6 Å². The Balaban J connectivity index is 1.83. The molecule has 0 saturated heterocycles. The summed E-state index contributed by atoms with van der Waals surface area (Å²) < 4.78 is 0. The molecule has 1 aromatic carbocycles. The number of nitrogens with one attached hydrogen (secondary N) is 1. The molecule has 6 nitrogen and oxygen atoms in total. The van der Waals surface area contributed by atoms with Crippen molar-refractivity contribution in [1.29, 1.82) is 0 Å². The third-order valence-electron chi connectivity index (χ3n) is 2.83. The van der Waals surface area contributed by atoms with E-state index in [1.165, 1.54) is 0 Å². The number of nitrogens with zero attached hydrogens (tertiary/aromatic N) is 2. The topological polar surface area (TPSA) is 77.3 Å². The molecule has 0 fully saturated rings. The summed E-state index contributed by atoms with van der Waals surface area (Å²) in [7, 11) is 0. The van der Waals surface area contributed by atoms with Gasteiger partial charge in [0.05, 0.1) is 18.0 Å². The summed E-state index contributed by atoms with van der Waals surface area (Å²) in [5.74, 6) is 0. The third-order valence-corrected chi connectivity index (χ3v) is 4.44. The molecule has 0 saturated carbocycles. The van der Waals surface area contributed by atoms with E-state index in [9.17, 15) is 0 Å². The van der Waals surface area contributed by atoms with E-state index < -0.39 is 0 Å². The number of hydrogen-bond acceptors (Lipinski definition) is 7. The zero-order chi connectivity index (χ0) is 14.5. The summed E-state index contributed by atoms with van der Waals surface area (Å²) in [5, 5.41) is 21.7. The summed E-state index contributed by atoms with van der Waals surface area (Å²) in [6.45, 7) is 2.24. The van der Waals surface area contributed by atoms with Gasteiger partial charge in [0.2, 0.25) is 0 Å². The van der Waals surface area contributed by atoms with Crippen LogP contribution in [0.2, 0.25) is 5.02 Å². The smallest absolute Gasteiger partial charge is 0.161 e. The van der Waals surface area contributed by atoms with Crippen molar-refractivity contribution in [3.8, 4) is 0 Å². The van der Waals surface area contributed by atoms with Gasteiger partial charge in [-0.25, -0.2) is 0 Å². The number of anilines is 1. The van der Waals surface area contributed by atoms with Gasteiger partial charge in [0, 0.05) is 16.0 Å². The number of aliphatic imine (C=N–C) groups is 1. The average molecular weight is 318 g/mol. The summed E-state index contributed by atoms with van der Waals surface area (Å²) in [4.78, 5) is 9.09. The van der Waals surface area contributed by atoms with Crippen LogP contribution < -0.4 is 5.32 Å². The molecule has 8 heteroatoms. The Kier molecular flexibility index (Phi) is 5.64. The standard InChI is InChI=1S/C12H16ClN3O3S/c1-8-11(6-7-19-16(17)18)20-12(14-8)15-10-4-2-9(13)3-5-10/h2-5,8,11,17-18H,6-7H2,1H3,(H,14,15). The normalized spacial score (nSPS) is 22.1. The molecule has 0 aromatic heterocycles. The maximum Gasteiger partial charge on any atom is 0.161 e. The highest BCUT2D eigenvalue weighted by atomic mass is 35.5. The van der Waals surface area contributed by atoms with Crippen molar-refractivity contribution in [2.75, 3.05) is 11.9 Å². The molecule has 2 atom stereocenters. The van der Waals surface area contributed by atoms with Crippen LogP contribution in [-0.4, -0.2) is 38.9 Å². The predicted octanol–water partition coefficient (Wildman–Crippen LogP) is 3.01. The fraction of sp³-hybridized carbons (Fsp3) is 0.417. The number of rotatable bonds is 5. The minimum absolute atomic E-state index is 0.143. The van der Waals surface area contributed by atoms with Gasteiger partial charge in [0.25, 0.3) is 0 Å². The molecule has 3 N–H and O–H groups in total. The minimum atomic E-state index is -0.266. The predicted molar refractivity (Wildman–Crippen MR) is 79.3 cm³/mol. The lowest BCUT2D eigenvalue weighted by Gasteiger charge is -2.13. The zero-order valence-electron chi connectivity index (χ0n) is 10.9. The first-order valence-corrected chi connectivity index (χ1v) is 7.38. The van der Waals surface area contributed by atoms with E-state index in [0.717, 1.165) is 10.9 Å². The monoisotopic (exact) mass is 317 g/mol. The fourth-order valence-corrected chi connectivity index (χ4v) is 3.10. The quantitative estimate of drug-likeness (QED) is 0.725. The molecule has 0 aliphatic carbocycles. The number of thioether (sulfide) groups is 1. The summed E-state index contributed by atoms with van der Waals surface area (Å²) in [6, 6.07) is 7.56. The molecule has 2 unspecified atom stereocenters. The maximum atomic E-state index is 8.47. The lowest BCUT2D eigenvalue weighted by atomic mass is 10.2. The fourth-order valence-electron chi connectivity index (χ4n) is 1.81. The van der Waals surface area contributed by atoms with E-state index in [1.54, 1.807) is 11.8 Å². The second kappa shape index (κ2) is 7.26. The largest absolute Gasteiger partial charge is 0.335 e. The van der Waals surface area contributed by atoms with E-state index in [4.69, 9.17) is 22.0 Å². The third kappa shape index (κ3) is 4.62. The van der Waals surface area contributed by atoms with E-state index in [2.05, 4.69) is 15.1 Å². The Bertz CT molecular complexity index is 470. The van der Waals surface area contributed by atoms with Crippen molar-refractivity contribution in [3.05, 3.63) is 29.3 Å². The first-order chi connectivity index (χ1) is 9.54. The number of hydrogen-bond donors (Lipinski definition) is 3. The van der Waals surface area contributed by atoms with Crippen LogP contribution in [0.4, 0.5) is 5.69 Å². The molecular formula is C12H16ClN3O3S. The number of halogens is 1. The highest BCUT2D eigenvalue weighted by Crippen LogP contribution is 2.30.